The van der Waals surface area contributed by atoms with Crippen LogP contribution in [0.5, 0.6) is 5.75 Å². The Morgan fingerprint density at radius 3 is 2.76 bits per heavy atom. The number of hydrogen-bond acceptors (Lipinski definition) is 4. The van der Waals surface area contributed by atoms with E-state index in [4.69, 9.17) is 16.3 Å². The predicted molar refractivity (Wildman–Crippen MR) is 69.1 cm³/mol. The molecular weight excluding hydrogens is 258 g/mol. The van der Waals surface area contributed by atoms with Crippen molar-refractivity contribution in [2.75, 3.05) is 7.11 Å². The van der Waals surface area contributed by atoms with E-state index in [0.717, 1.165) is 10.6 Å². The highest BCUT2D eigenvalue weighted by Gasteiger charge is 2.11. The van der Waals surface area contributed by atoms with Gasteiger partial charge in [-0.2, -0.15) is 0 Å². The molecule has 0 amide bonds. The van der Waals surface area contributed by atoms with Gasteiger partial charge >= 0.3 is 0 Å². The van der Waals surface area contributed by atoms with Gasteiger partial charge in [0, 0.05) is 17.9 Å². The summed E-state index contributed by atoms with van der Waals surface area (Å²) in [6, 6.07) is 5.38. The number of carbonyl (C=O) groups is 1. The Balaban J connectivity index is 2.42. The molecule has 0 radical (unpaired) electrons. The van der Waals surface area contributed by atoms with E-state index in [0.29, 0.717) is 16.5 Å². The highest BCUT2D eigenvalue weighted by Crippen LogP contribution is 2.33. The Morgan fingerprint density at radius 1 is 1.47 bits per heavy atom. The lowest BCUT2D eigenvalue weighted by Gasteiger charge is -2.03. The van der Waals surface area contributed by atoms with E-state index in [9.17, 15) is 4.79 Å². The van der Waals surface area contributed by atoms with Gasteiger partial charge in [0.25, 0.3) is 0 Å². The van der Waals surface area contributed by atoms with E-state index in [1.807, 2.05) is 12.1 Å². The number of nitrogens with zero attached hydrogens (tertiary/aromatic N) is 1. The Labute approximate surface area is 108 Å². The lowest BCUT2D eigenvalue weighted by Crippen LogP contribution is -1.91. The molecule has 0 bridgehead atoms. The second-order valence-electron chi connectivity index (χ2n) is 3.44. The molecule has 88 valence electrons. The zero-order chi connectivity index (χ0) is 12.4. The Morgan fingerprint density at radius 2 is 2.24 bits per heavy atom. The van der Waals surface area contributed by atoms with Crippen molar-refractivity contribution in [3.63, 3.8) is 0 Å². The summed E-state index contributed by atoms with van der Waals surface area (Å²) in [4.78, 5) is 15.4. The van der Waals surface area contributed by atoms with Crippen LogP contribution in [0.2, 0.25) is 5.02 Å². The minimum absolute atomic E-state index is 0.0443. The van der Waals surface area contributed by atoms with Crippen LogP contribution >= 0.6 is 22.9 Å². The zero-order valence-electron chi connectivity index (χ0n) is 9.36. The molecule has 0 aliphatic carbocycles. The number of thiazole rings is 1. The second-order valence-corrected chi connectivity index (χ2v) is 4.71. The fourth-order valence-electron chi connectivity index (χ4n) is 1.36. The smallest absolute Gasteiger partial charge is 0.178 e. The third-order valence-electron chi connectivity index (χ3n) is 2.27. The maximum absolute atomic E-state index is 11.2. The highest BCUT2D eigenvalue weighted by molar-refractivity contribution is 7.13. The molecule has 2 aromatic rings. The first-order chi connectivity index (χ1) is 8.11. The van der Waals surface area contributed by atoms with Crippen molar-refractivity contribution in [3.05, 3.63) is 34.3 Å². The number of hydrogen-bond donors (Lipinski definition) is 0. The molecule has 3 nitrogen and oxygen atoms in total. The highest BCUT2D eigenvalue weighted by atomic mass is 35.5. The lowest BCUT2D eigenvalue weighted by molar-refractivity contribution is 0.101. The Hall–Kier alpha value is -1.39. The van der Waals surface area contributed by atoms with Crippen molar-refractivity contribution in [2.24, 2.45) is 0 Å². The van der Waals surface area contributed by atoms with E-state index < -0.39 is 0 Å². The van der Waals surface area contributed by atoms with Crippen LogP contribution in [0.25, 0.3) is 10.6 Å². The normalized spacial score (nSPS) is 10.3. The van der Waals surface area contributed by atoms with Gasteiger partial charge in [-0.05, 0) is 18.2 Å². The number of carbonyl (C=O) groups excluding carboxylic acids is 1. The average molecular weight is 268 g/mol. The monoisotopic (exact) mass is 267 g/mol. The largest absolute Gasteiger partial charge is 0.497 e. The molecule has 5 heteroatoms. The summed E-state index contributed by atoms with van der Waals surface area (Å²) in [5.74, 6) is 0.652. The number of methoxy groups -OCH3 is 1. The van der Waals surface area contributed by atoms with Crippen molar-refractivity contribution in [1.82, 2.24) is 4.98 Å². The summed E-state index contributed by atoms with van der Waals surface area (Å²) in [7, 11) is 1.59. The first-order valence-corrected chi connectivity index (χ1v) is 6.18. The molecule has 17 heavy (non-hydrogen) atoms. The summed E-state index contributed by atoms with van der Waals surface area (Å²) in [5, 5.41) is 3.04. The molecule has 0 spiro atoms. The van der Waals surface area contributed by atoms with Crippen molar-refractivity contribution >= 4 is 28.7 Å². The van der Waals surface area contributed by atoms with E-state index >= 15 is 0 Å². The van der Waals surface area contributed by atoms with Crippen molar-refractivity contribution in [3.8, 4) is 16.3 Å². The van der Waals surface area contributed by atoms with E-state index in [1.165, 1.54) is 18.3 Å². The van der Waals surface area contributed by atoms with Crippen LogP contribution in [0.1, 0.15) is 17.4 Å². The molecule has 0 unspecified atom stereocenters. The minimum Gasteiger partial charge on any atom is -0.497 e. The maximum atomic E-state index is 11.2. The van der Waals surface area contributed by atoms with Gasteiger partial charge in [0.15, 0.2) is 5.78 Å². The second kappa shape index (κ2) is 4.85. The fraction of sp³-hybridized carbons (Fsp3) is 0.167. The van der Waals surface area contributed by atoms with Crippen LogP contribution in [0.3, 0.4) is 0 Å². The van der Waals surface area contributed by atoms with Crippen LogP contribution < -0.4 is 4.74 Å². The number of Topliss-reactive ketones (excluding diaryl/α,β-unsaturated/α-hetero) is 1. The number of aromatic nitrogens is 1. The molecule has 0 N–H and O–H groups in total. The summed E-state index contributed by atoms with van der Waals surface area (Å²) >= 11 is 7.53. The molecule has 1 aromatic carbocycles. The Bertz CT molecular complexity index is 565. The summed E-state index contributed by atoms with van der Waals surface area (Å²) in [5.41, 5.74) is 1.28. The average Bonchev–Trinajstić information content (AvgIpc) is 2.78. The quantitative estimate of drug-likeness (QED) is 0.797. The first kappa shape index (κ1) is 12.1. The molecule has 0 atom stereocenters. The number of ether oxygens (including phenoxy) is 1. The van der Waals surface area contributed by atoms with E-state index in [2.05, 4.69) is 4.98 Å². The molecule has 0 saturated heterocycles. The summed E-state index contributed by atoms with van der Waals surface area (Å²) < 4.78 is 5.07. The van der Waals surface area contributed by atoms with Gasteiger partial charge in [0.1, 0.15) is 16.5 Å². The summed E-state index contributed by atoms with van der Waals surface area (Å²) in [6.07, 6.45) is 0. The maximum Gasteiger partial charge on any atom is 0.178 e. The molecule has 1 aromatic heterocycles. The van der Waals surface area contributed by atoms with Gasteiger partial charge in [0.2, 0.25) is 0 Å². The van der Waals surface area contributed by atoms with E-state index in [-0.39, 0.29) is 5.78 Å². The van der Waals surface area contributed by atoms with Gasteiger partial charge in [-0.25, -0.2) is 4.98 Å². The van der Waals surface area contributed by atoms with Crippen LogP contribution in [-0.2, 0) is 0 Å². The van der Waals surface area contributed by atoms with Gasteiger partial charge in [0.05, 0.1) is 12.1 Å². The third kappa shape index (κ3) is 2.48. The topological polar surface area (TPSA) is 39.2 Å². The number of benzene rings is 1. The third-order valence-corrected chi connectivity index (χ3v) is 3.46. The van der Waals surface area contributed by atoms with Crippen molar-refractivity contribution < 1.29 is 9.53 Å². The molecule has 0 aliphatic rings. The zero-order valence-corrected chi connectivity index (χ0v) is 10.9. The SMILES string of the molecule is COc1ccc(-c2nc(C(C)=O)cs2)c(Cl)c1. The van der Waals surface area contributed by atoms with E-state index in [1.54, 1.807) is 18.6 Å². The minimum atomic E-state index is -0.0443. The molecule has 0 aliphatic heterocycles. The van der Waals surface area contributed by atoms with Gasteiger partial charge < -0.3 is 4.74 Å². The van der Waals surface area contributed by atoms with Gasteiger partial charge in [-0.1, -0.05) is 11.6 Å². The van der Waals surface area contributed by atoms with Crippen LogP contribution in [0.4, 0.5) is 0 Å². The molecule has 2 rings (SSSR count). The number of rotatable bonds is 3. The van der Waals surface area contributed by atoms with Crippen molar-refractivity contribution in [2.45, 2.75) is 6.92 Å². The fourth-order valence-corrected chi connectivity index (χ4v) is 2.57. The van der Waals surface area contributed by atoms with Crippen LogP contribution in [0.15, 0.2) is 23.6 Å². The molecule has 0 saturated carbocycles. The van der Waals surface area contributed by atoms with Crippen LogP contribution in [-0.4, -0.2) is 17.9 Å². The van der Waals surface area contributed by atoms with Gasteiger partial charge in [-0.15, -0.1) is 11.3 Å². The van der Waals surface area contributed by atoms with Crippen molar-refractivity contribution in [1.29, 1.82) is 0 Å². The number of halogens is 1. The molecular formula is C12H10ClNO2S. The summed E-state index contributed by atoms with van der Waals surface area (Å²) in [6.45, 7) is 1.49. The lowest BCUT2D eigenvalue weighted by atomic mass is 10.2. The van der Waals surface area contributed by atoms with Gasteiger partial charge in [-0.3, -0.25) is 4.79 Å². The standard InChI is InChI=1S/C12H10ClNO2S/c1-7(15)11-6-17-12(14-11)9-4-3-8(16-2)5-10(9)13/h3-6H,1-2H3. The van der Waals surface area contributed by atoms with Crippen LogP contribution in [0, 0.1) is 0 Å². The predicted octanol–water partition coefficient (Wildman–Crippen LogP) is 3.67. The molecule has 0 fully saturated rings. The Kier molecular flexibility index (Phi) is 3.45. The number of ketones is 1. The molecule has 1 heterocycles. The first-order valence-electron chi connectivity index (χ1n) is 4.92.